The number of carbonyl (C=O) groups is 3. The summed E-state index contributed by atoms with van der Waals surface area (Å²) in [7, 11) is -3.84. The number of hydrogen-bond donors (Lipinski definition) is 2. The Labute approximate surface area is 194 Å². The smallest absolute Gasteiger partial charge is 0.309 e. The van der Waals surface area contributed by atoms with E-state index in [1.54, 1.807) is 18.7 Å². The van der Waals surface area contributed by atoms with Gasteiger partial charge in [0.25, 0.3) is 0 Å². The second kappa shape index (κ2) is 10.6. The van der Waals surface area contributed by atoms with Gasteiger partial charge in [-0.3, -0.25) is 14.4 Å². The second-order valence-electron chi connectivity index (χ2n) is 8.47. The van der Waals surface area contributed by atoms with Crippen LogP contribution in [0.1, 0.15) is 36.0 Å². The van der Waals surface area contributed by atoms with Gasteiger partial charge in [-0.1, -0.05) is 17.7 Å². The molecule has 2 saturated heterocycles. The van der Waals surface area contributed by atoms with Crippen molar-refractivity contribution >= 4 is 27.7 Å². The summed E-state index contributed by atoms with van der Waals surface area (Å²) in [4.78, 5) is 37.8. The molecule has 0 bridgehead atoms. The average molecular weight is 481 g/mol. The molecule has 1 aromatic carbocycles. The zero-order valence-corrected chi connectivity index (χ0v) is 20.2. The summed E-state index contributed by atoms with van der Waals surface area (Å²) in [6.07, 6.45) is 1.08. The Morgan fingerprint density at radius 2 is 1.76 bits per heavy atom. The van der Waals surface area contributed by atoms with Gasteiger partial charge in [0.2, 0.25) is 15.9 Å². The molecule has 2 aliphatic rings. The molecular formula is C22H32N4O6S. The fourth-order valence-electron chi connectivity index (χ4n) is 4.39. The number of ether oxygens (including phenoxy) is 1. The van der Waals surface area contributed by atoms with Crippen molar-refractivity contribution in [3.8, 4) is 0 Å². The lowest BCUT2D eigenvalue weighted by atomic mass is 10.1. The number of benzene rings is 1. The molecule has 1 atom stereocenters. The summed E-state index contributed by atoms with van der Waals surface area (Å²) in [5.41, 5.74) is 2.28. The minimum Gasteiger partial charge on any atom is -0.359 e. The summed E-state index contributed by atoms with van der Waals surface area (Å²) in [6, 6.07) is 3.63. The van der Waals surface area contributed by atoms with E-state index < -0.39 is 28.1 Å². The van der Waals surface area contributed by atoms with Gasteiger partial charge < -0.3 is 20.3 Å². The summed E-state index contributed by atoms with van der Waals surface area (Å²) in [5.74, 6) is -1.55. The number of nitrogens with zero attached hydrogens (tertiary/aromatic N) is 2. The van der Waals surface area contributed by atoms with Crippen LogP contribution < -0.4 is 10.6 Å². The van der Waals surface area contributed by atoms with E-state index in [9.17, 15) is 22.8 Å². The van der Waals surface area contributed by atoms with Crippen LogP contribution in [0.15, 0.2) is 17.0 Å². The van der Waals surface area contributed by atoms with Gasteiger partial charge in [0.1, 0.15) is 6.23 Å². The highest BCUT2D eigenvalue weighted by molar-refractivity contribution is 7.89. The molecule has 2 heterocycles. The molecule has 2 aliphatic heterocycles. The quantitative estimate of drug-likeness (QED) is 0.405. The first-order chi connectivity index (χ1) is 15.6. The molecule has 0 aromatic heterocycles. The molecule has 3 rings (SSSR count). The number of nitrogens with one attached hydrogen (secondary N) is 2. The molecule has 0 radical (unpaired) electrons. The third-order valence-electron chi connectivity index (χ3n) is 5.82. The highest BCUT2D eigenvalue weighted by Gasteiger charge is 2.38. The van der Waals surface area contributed by atoms with Gasteiger partial charge in [-0.25, -0.2) is 8.42 Å². The molecule has 0 spiro atoms. The third kappa shape index (κ3) is 5.90. The fourth-order valence-corrected chi connectivity index (χ4v) is 6.31. The van der Waals surface area contributed by atoms with Crippen molar-refractivity contribution in [2.75, 3.05) is 39.3 Å². The maximum atomic E-state index is 13.3. The van der Waals surface area contributed by atoms with Crippen molar-refractivity contribution in [3.63, 3.8) is 0 Å². The van der Waals surface area contributed by atoms with Crippen LogP contribution in [0.3, 0.4) is 0 Å². The molecule has 3 amide bonds. The molecule has 10 nitrogen and oxygen atoms in total. The predicted molar refractivity (Wildman–Crippen MR) is 121 cm³/mol. The molecule has 11 heteroatoms. The number of likely N-dealkylation sites (tertiary alicyclic amines) is 1. The number of rotatable bonds is 8. The van der Waals surface area contributed by atoms with Crippen molar-refractivity contribution in [3.05, 3.63) is 28.8 Å². The summed E-state index contributed by atoms with van der Waals surface area (Å²) < 4.78 is 33.4. The lowest BCUT2D eigenvalue weighted by Crippen LogP contribution is -2.47. The van der Waals surface area contributed by atoms with E-state index in [0.717, 1.165) is 18.5 Å². The van der Waals surface area contributed by atoms with E-state index in [2.05, 4.69) is 10.6 Å². The molecule has 1 unspecified atom stereocenters. The van der Waals surface area contributed by atoms with Gasteiger partial charge in [0, 0.05) is 32.6 Å². The fraction of sp³-hybridized carbons (Fsp3) is 0.591. The van der Waals surface area contributed by atoms with Gasteiger partial charge in [-0.2, -0.15) is 4.31 Å². The van der Waals surface area contributed by atoms with E-state index in [0.29, 0.717) is 30.5 Å². The van der Waals surface area contributed by atoms with Crippen LogP contribution in [0.25, 0.3) is 0 Å². The Bertz CT molecular complexity index is 1000. The second-order valence-corrected chi connectivity index (χ2v) is 10.3. The minimum atomic E-state index is -3.84. The van der Waals surface area contributed by atoms with Crippen molar-refractivity contribution < 1.29 is 27.5 Å². The summed E-state index contributed by atoms with van der Waals surface area (Å²) in [5, 5.41) is 4.98. The number of carbonyl (C=O) groups excluding carboxylic acids is 3. The van der Waals surface area contributed by atoms with Crippen molar-refractivity contribution in [2.45, 2.75) is 51.2 Å². The SMILES string of the molecule is Cc1cc(C)c(S(=O)(=O)N2CCOC2CNC(=O)C(=O)NCCCN2CCCC2=O)c(C)c1. The highest BCUT2D eigenvalue weighted by atomic mass is 32.2. The molecule has 182 valence electrons. The highest BCUT2D eigenvalue weighted by Crippen LogP contribution is 2.28. The Balaban J connectivity index is 1.51. The zero-order valence-electron chi connectivity index (χ0n) is 19.3. The molecule has 0 saturated carbocycles. The Kier molecular flexibility index (Phi) is 8.09. The standard InChI is InChI=1S/C22H32N4O6S/c1-15-12-16(2)20(17(3)13-15)33(30,31)26-10-11-32-19(26)14-24-22(29)21(28)23-7-5-9-25-8-4-6-18(25)27/h12-13,19H,4-11,14H2,1-3H3,(H,23,28)(H,24,29). The van der Waals surface area contributed by atoms with Gasteiger partial charge in [-0.05, 0) is 44.7 Å². The van der Waals surface area contributed by atoms with Crippen LogP contribution in [0.4, 0.5) is 0 Å². The van der Waals surface area contributed by atoms with E-state index in [-0.39, 0.29) is 37.0 Å². The molecule has 0 aliphatic carbocycles. The monoisotopic (exact) mass is 480 g/mol. The van der Waals surface area contributed by atoms with Crippen LogP contribution in [0, 0.1) is 20.8 Å². The topological polar surface area (TPSA) is 125 Å². The number of hydrogen-bond acceptors (Lipinski definition) is 6. The first-order valence-corrected chi connectivity index (χ1v) is 12.6. The Morgan fingerprint density at radius 3 is 2.39 bits per heavy atom. The maximum Gasteiger partial charge on any atom is 0.309 e. The van der Waals surface area contributed by atoms with Gasteiger partial charge >= 0.3 is 11.8 Å². The first-order valence-electron chi connectivity index (χ1n) is 11.2. The normalized spacial score (nSPS) is 19.2. The van der Waals surface area contributed by atoms with Crippen molar-refractivity contribution in [1.82, 2.24) is 19.8 Å². The van der Waals surface area contributed by atoms with Crippen LogP contribution >= 0.6 is 0 Å². The number of sulfonamides is 1. The molecule has 33 heavy (non-hydrogen) atoms. The lowest BCUT2D eigenvalue weighted by Gasteiger charge is -2.24. The molecular weight excluding hydrogens is 448 g/mol. The Hall–Kier alpha value is -2.50. The first kappa shape index (κ1) is 25.1. The minimum absolute atomic E-state index is 0.117. The van der Waals surface area contributed by atoms with E-state index >= 15 is 0 Å². The van der Waals surface area contributed by atoms with E-state index in [1.807, 2.05) is 19.1 Å². The van der Waals surface area contributed by atoms with E-state index in [4.69, 9.17) is 4.74 Å². The third-order valence-corrected chi connectivity index (χ3v) is 8.01. The molecule has 2 N–H and O–H groups in total. The number of amides is 3. The van der Waals surface area contributed by atoms with Crippen molar-refractivity contribution in [1.29, 1.82) is 0 Å². The summed E-state index contributed by atoms with van der Waals surface area (Å²) >= 11 is 0. The van der Waals surface area contributed by atoms with E-state index in [1.165, 1.54) is 4.31 Å². The average Bonchev–Trinajstić information content (AvgIpc) is 3.37. The zero-order chi connectivity index (χ0) is 24.2. The predicted octanol–water partition coefficient (Wildman–Crippen LogP) is 0.204. The van der Waals surface area contributed by atoms with Crippen LogP contribution in [0.2, 0.25) is 0 Å². The number of aryl methyl sites for hydroxylation is 3. The molecule has 2 fully saturated rings. The molecule has 1 aromatic rings. The van der Waals surface area contributed by atoms with Gasteiger partial charge in [0.15, 0.2) is 0 Å². The largest absolute Gasteiger partial charge is 0.359 e. The maximum absolute atomic E-state index is 13.3. The Morgan fingerprint density at radius 1 is 1.09 bits per heavy atom. The summed E-state index contributed by atoms with van der Waals surface area (Å²) in [6.45, 7) is 7.18. The van der Waals surface area contributed by atoms with Crippen LogP contribution in [-0.4, -0.2) is 80.9 Å². The van der Waals surface area contributed by atoms with Crippen molar-refractivity contribution in [2.24, 2.45) is 0 Å². The van der Waals surface area contributed by atoms with Crippen LogP contribution in [-0.2, 0) is 29.1 Å². The van der Waals surface area contributed by atoms with Gasteiger partial charge in [0.05, 0.1) is 18.0 Å². The van der Waals surface area contributed by atoms with Gasteiger partial charge in [-0.15, -0.1) is 0 Å². The lowest BCUT2D eigenvalue weighted by molar-refractivity contribution is -0.139. The van der Waals surface area contributed by atoms with Crippen LogP contribution in [0.5, 0.6) is 0 Å².